The van der Waals surface area contributed by atoms with Crippen LogP contribution in [0.15, 0.2) is 41.9 Å². The van der Waals surface area contributed by atoms with E-state index in [0.717, 1.165) is 17.9 Å². The van der Waals surface area contributed by atoms with Gasteiger partial charge in [-0.05, 0) is 19.4 Å². The van der Waals surface area contributed by atoms with E-state index in [4.69, 9.17) is 4.74 Å². The number of para-hydroxylation sites is 1. The molecule has 27 heavy (non-hydrogen) atoms. The van der Waals surface area contributed by atoms with Crippen LogP contribution in [0.4, 0.5) is 0 Å². The normalized spacial score (nSPS) is 12.1. The molecule has 0 aliphatic rings. The Morgan fingerprint density at radius 3 is 2.67 bits per heavy atom. The summed E-state index contributed by atoms with van der Waals surface area (Å²) in [6.45, 7) is 10.8. The van der Waals surface area contributed by atoms with Crippen LogP contribution in [0.2, 0.25) is 0 Å². The van der Waals surface area contributed by atoms with Gasteiger partial charge in [0.2, 0.25) is 10.0 Å². The highest BCUT2D eigenvalue weighted by molar-refractivity contribution is 7.88. The third kappa shape index (κ3) is 8.92. The number of hydrogen-bond acceptors (Lipinski definition) is 4. The van der Waals surface area contributed by atoms with Gasteiger partial charge in [0.15, 0.2) is 5.96 Å². The fourth-order valence-electron chi connectivity index (χ4n) is 2.45. The molecule has 1 aromatic carbocycles. The molecule has 0 saturated heterocycles. The molecule has 0 heterocycles. The fraction of sp³-hybridized carbons (Fsp3) is 0.526. The molecule has 0 fully saturated rings. The quantitative estimate of drug-likeness (QED) is 0.244. The molecule has 0 aliphatic heterocycles. The van der Waals surface area contributed by atoms with Crippen molar-refractivity contribution in [2.45, 2.75) is 26.8 Å². The third-order valence-corrected chi connectivity index (χ3v) is 5.16. The molecule has 1 rings (SSSR count). The zero-order valence-electron chi connectivity index (χ0n) is 16.6. The summed E-state index contributed by atoms with van der Waals surface area (Å²) in [5, 5.41) is 6.44. The average Bonchev–Trinajstić information content (AvgIpc) is 2.63. The first kappa shape index (κ1) is 23.0. The molecule has 0 bridgehead atoms. The Balaban J connectivity index is 2.61. The van der Waals surface area contributed by atoms with E-state index in [-0.39, 0.29) is 0 Å². The van der Waals surface area contributed by atoms with Crippen molar-refractivity contribution in [1.82, 2.24) is 14.9 Å². The van der Waals surface area contributed by atoms with Gasteiger partial charge in [-0.25, -0.2) is 17.7 Å². The topological polar surface area (TPSA) is 83.0 Å². The number of rotatable bonds is 12. The van der Waals surface area contributed by atoms with Crippen LogP contribution in [0.1, 0.15) is 25.8 Å². The Bertz CT molecular complexity index is 705. The molecule has 0 saturated carbocycles. The van der Waals surface area contributed by atoms with Crippen molar-refractivity contribution in [2.24, 2.45) is 4.99 Å². The first-order chi connectivity index (χ1) is 12.9. The van der Waals surface area contributed by atoms with Gasteiger partial charge in [-0.2, -0.15) is 0 Å². The minimum absolute atomic E-state index is 0.452. The molecule has 152 valence electrons. The number of sulfonamides is 1. The van der Waals surface area contributed by atoms with Gasteiger partial charge in [0.05, 0.1) is 12.8 Å². The van der Waals surface area contributed by atoms with Gasteiger partial charge in [0.25, 0.3) is 0 Å². The van der Waals surface area contributed by atoms with Crippen molar-refractivity contribution < 1.29 is 13.2 Å². The molecule has 0 aliphatic carbocycles. The van der Waals surface area contributed by atoms with Crippen LogP contribution in [0, 0.1) is 0 Å². The second-order valence-corrected chi connectivity index (χ2v) is 7.92. The first-order valence-electron chi connectivity index (χ1n) is 9.21. The fourth-order valence-corrected chi connectivity index (χ4v) is 3.38. The molecule has 0 radical (unpaired) electrons. The second kappa shape index (κ2) is 12.3. The van der Waals surface area contributed by atoms with Gasteiger partial charge in [-0.1, -0.05) is 37.8 Å². The molecule has 0 spiro atoms. The van der Waals surface area contributed by atoms with Crippen LogP contribution in [-0.4, -0.2) is 57.7 Å². The Morgan fingerprint density at radius 1 is 1.30 bits per heavy atom. The molecule has 7 nitrogen and oxygen atoms in total. The van der Waals surface area contributed by atoms with E-state index in [1.54, 1.807) is 6.08 Å². The largest absolute Gasteiger partial charge is 0.489 e. The summed E-state index contributed by atoms with van der Waals surface area (Å²) in [6.07, 6.45) is 3.65. The van der Waals surface area contributed by atoms with Crippen molar-refractivity contribution in [2.75, 3.05) is 39.0 Å². The van der Waals surface area contributed by atoms with Gasteiger partial charge < -0.3 is 15.4 Å². The van der Waals surface area contributed by atoms with Gasteiger partial charge in [0.1, 0.15) is 12.4 Å². The minimum atomic E-state index is -3.15. The van der Waals surface area contributed by atoms with Crippen molar-refractivity contribution in [3.8, 4) is 5.75 Å². The van der Waals surface area contributed by atoms with Crippen molar-refractivity contribution in [1.29, 1.82) is 0 Å². The van der Waals surface area contributed by atoms with Crippen LogP contribution >= 0.6 is 0 Å². The number of ether oxygens (including phenoxy) is 1. The lowest BCUT2D eigenvalue weighted by molar-refractivity contribution is 0.359. The van der Waals surface area contributed by atoms with E-state index in [2.05, 4.69) is 22.2 Å². The van der Waals surface area contributed by atoms with Gasteiger partial charge >= 0.3 is 0 Å². The summed E-state index contributed by atoms with van der Waals surface area (Å²) < 4.78 is 30.3. The highest BCUT2D eigenvalue weighted by atomic mass is 32.2. The minimum Gasteiger partial charge on any atom is -0.489 e. The summed E-state index contributed by atoms with van der Waals surface area (Å²) in [6, 6.07) is 7.78. The van der Waals surface area contributed by atoms with E-state index in [9.17, 15) is 8.42 Å². The summed E-state index contributed by atoms with van der Waals surface area (Å²) in [5.41, 5.74) is 0.991. The van der Waals surface area contributed by atoms with Crippen LogP contribution in [-0.2, 0) is 16.6 Å². The average molecular weight is 397 g/mol. The number of nitrogens with one attached hydrogen (secondary N) is 2. The lowest BCUT2D eigenvalue weighted by atomic mass is 10.2. The second-order valence-electron chi connectivity index (χ2n) is 5.94. The Morgan fingerprint density at radius 2 is 2.04 bits per heavy atom. The predicted molar refractivity (Wildman–Crippen MR) is 112 cm³/mol. The smallest absolute Gasteiger partial charge is 0.211 e. The zero-order valence-corrected chi connectivity index (χ0v) is 17.4. The molecule has 1 aromatic rings. The highest BCUT2D eigenvalue weighted by Crippen LogP contribution is 2.18. The van der Waals surface area contributed by atoms with Gasteiger partial charge in [0, 0.05) is 31.7 Å². The summed E-state index contributed by atoms with van der Waals surface area (Å²) >= 11 is 0. The van der Waals surface area contributed by atoms with Gasteiger partial charge in [-0.3, -0.25) is 0 Å². The maximum atomic E-state index is 11.6. The van der Waals surface area contributed by atoms with Crippen LogP contribution in [0.25, 0.3) is 0 Å². The number of nitrogens with zero attached hydrogens (tertiary/aromatic N) is 2. The SMILES string of the molecule is C=CCOc1ccccc1CN=C(NCC)NCCCN(CC)S(C)(=O)=O. The predicted octanol–water partition coefficient (Wildman–Crippen LogP) is 1.98. The molecule has 8 heteroatoms. The zero-order chi connectivity index (χ0) is 20.1. The molecular formula is C19H32N4O3S. The van der Waals surface area contributed by atoms with E-state index < -0.39 is 10.0 Å². The Labute approximate surface area is 163 Å². The van der Waals surface area contributed by atoms with E-state index in [1.807, 2.05) is 38.1 Å². The highest BCUT2D eigenvalue weighted by Gasteiger charge is 2.13. The lowest BCUT2D eigenvalue weighted by Crippen LogP contribution is -2.39. The number of guanidine groups is 1. The Hall–Kier alpha value is -2.06. The molecule has 0 unspecified atom stereocenters. The Kier molecular flexibility index (Phi) is 10.5. The molecular weight excluding hydrogens is 364 g/mol. The number of aliphatic imine (C=N–C) groups is 1. The summed E-state index contributed by atoms with van der Waals surface area (Å²) in [5.74, 6) is 1.49. The van der Waals surface area contributed by atoms with Crippen LogP contribution in [0.5, 0.6) is 5.75 Å². The monoisotopic (exact) mass is 396 g/mol. The summed E-state index contributed by atoms with van der Waals surface area (Å²) in [7, 11) is -3.15. The summed E-state index contributed by atoms with van der Waals surface area (Å²) in [4.78, 5) is 4.59. The van der Waals surface area contributed by atoms with E-state index in [0.29, 0.717) is 45.2 Å². The first-order valence-corrected chi connectivity index (χ1v) is 11.1. The maximum Gasteiger partial charge on any atom is 0.211 e. The van der Waals surface area contributed by atoms with E-state index in [1.165, 1.54) is 10.6 Å². The van der Waals surface area contributed by atoms with E-state index >= 15 is 0 Å². The molecule has 0 amide bonds. The van der Waals surface area contributed by atoms with Crippen LogP contribution < -0.4 is 15.4 Å². The van der Waals surface area contributed by atoms with Gasteiger partial charge in [-0.15, -0.1) is 0 Å². The molecule has 0 aromatic heterocycles. The van der Waals surface area contributed by atoms with Crippen molar-refractivity contribution >= 4 is 16.0 Å². The standard InChI is InChI=1S/C19H32N4O3S/c1-5-15-26-18-12-9-8-11-17(18)16-22-19(20-6-2)21-13-10-14-23(7-3)27(4,24)25/h5,8-9,11-12H,1,6-7,10,13-16H2,2-4H3,(H2,20,21,22). The number of hydrogen-bond donors (Lipinski definition) is 2. The molecule has 2 N–H and O–H groups in total. The van der Waals surface area contributed by atoms with Crippen molar-refractivity contribution in [3.63, 3.8) is 0 Å². The third-order valence-electron chi connectivity index (χ3n) is 3.78. The van der Waals surface area contributed by atoms with Crippen LogP contribution in [0.3, 0.4) is 0 Å². The van der Waals surface area contributed by atoms with Crippen molar-refractivity contribution in [3.05, 3.63) is 42.5 Å². The maximum absolute atomic E-state index is 11.6. The lowest BCUT2D eigenvalue weighted by Gasteiger charge is -2.18. The molecule has 0 atom stereocenters. The number of benzene rings is 1.